The van der Waals surface area contributed by atoms with Gasteiger partial charge in [0.2, 0.25) is 5.91 Å². The van der Waals surface area contributed by atoms with Crippen LogP contribution in [0.5, 0.6) is 5.75 Å². The van der Waals surface area contributed by atoms with E-state index in [4.69, 9.17) is 16.2 Å². The maximum absolute atomic E-state index is 13.9. The molecule has 0 aromatic heterocycles. The number of carbonyl (C=O) groups excluding carboxylic acids is 2. The van der Waals surface area contributed by atoms with Crippen LogP contribution in [0.15, 0.2) is 97.1 Å². The second kappa shape index (κ2) is 15.9. The number of hydrogen-bond donors (Lipinski definition) is 3. The van der Waals surface area contributed by atoms with E-state index < -0.39 is 34.1 Å². The summed E-state index contributed by atoms with van der Waals surface area (Å²) in [5.74, 6) is -2.54. The summed E-state index contributed by atoms with van der Waals surface area (Å²) < 4.78 is 72.6. The van der Waals surface area contributed by atoms with Crippen molar-refractivity contribution in [1.82, 2.24) is 5.32 Å². The zero-order valence-corrected chi connectivity index (χ0v) is 29.0. The molecule has 0 spiro atoms. The molecule has 0 bridgehead atoms. The van der Waals surface area contributed by atoms with Crippen molar-refractivity contribution in [2.45, 2.75) is 39.5 Å². The van der Waals surface area contributed by atoms with Crippen LogP contribution >= 0.6 is 11.6 Å². The lowest BCUT2D eigenvalue weighted by atomic mass is 9.89. The number of halogens is 4. The molecule has 0 fully saturated rings. The summed E-state index contributed by atoms with van der Waals surface area (Å²) in [6.07, 6.45) is -0.477. The third-order valence-corrected chi connectivity index (χ3v) is 8.26. The van der Waals surface area contributed by atoms with Crippen molar-refractivity contribution in [3.63, 3.8) is 0 Å². The van der Waals surface area contributed by atoms with Gasteiger partial charge in [0.15, 0.2) is 0 Å². The highest BCUT2D eigenvalue weighted by Gasteiger charge is 2.31. The lowest BCUT2D eigenvalue weighted by molar-refractivity contribution is -0.274. The first-order valence-electron chi connectivity index (χ1n) is 15.4. The fourth-order valence-electron chi connectivity index (χ4n) is 4.88. The van der Waals surface area contributed by atoms with Gasteiger partial charge in [-0.1, -0.05) is 93.1 Å². The number of anilines is 1. The molecule has 264 valence electrons. The van der Waals surface area contributed by atoms with E-state index in [-0.39, 0.29) is 35.6 Å². The second-order valence-electron chi connectivity index (χ2n) is 12.7. The fourth-order valence-corrected chi connectivity index (χ4v) is 5.47. The zero-order chi connectivity index (χ0) is 36.7. The van der Waals surface area contributed by atoms with Gasteiger partial charge in [-0.25, -0.2) is 0 Å². The molecule has 0 aliphatic heterocycles. The SMILES string of the molecule is CC(C)(C)/C=C/c1ccc(C(Cc2ccc(C(=O)NCCS(=O)(=O)O)cc2)C(=O)Nc2cc(Cl)cc(-c3ccc(OC(F)(F)F)cc3)c2)cc1. The smallest absolute Gasteiger partial charge is 0.406 e. The van der Waals surface area contributed by atoms with Gasteiger partial charge in [-0.15, -0.1) is 13.2 Å². The third-order valence-electron chi connectivity index (χ3n) is 7.32. The van der Waals surface area contributed by atoms with Crippen LogP contribution in [-0.2, 0) is 21.3 Å². The van der Waals surface area contributed by atoms with Crippen LogP contribution in [0, 0.1) is 5.41 Å². The Morgan fingerprint density at radius 3 is 2.12 bits per heavy atom. The number of nitrogens with one attached hydrogen (secondary N) is 2. The largest absolute Gasteiger partial charge is 0.573 e. The number of rotatable bonds is 12. The molecule has 0 aliphatic carbocycles. The third kappa shape index (κ3) is 12.3. The highest BCUT2D eigenvalue weighted by Crippen LogP contribution is 2.32. The summed E-state index contributed by atoms with van der Waals surface area (Å²) in [6, 6.07) is 24.2. The molecule has 0 aliphatic rings. The highest BCUT2D eigenvalue weighted by molar-refractivity contribution is 7.85. The Kier molecular flexibility index (Phi) is 12.2. The summed E-state index contributed by atoms with van der Waals surface area (Å²) in [5, 5.41) is 5.67. The highest BCUT2D eigenvalue weighted by atomic mass is 35.5. The molecule has 2 amide bonds. The maximum atomic E-state index is 13.9. The van der Waals surface area contributed by atoms with E-state index in [2.05, 4.69) is 42.2 Å². The van der Waals surface area contributed by atoms with Gasteiger partial charge >= 0.3 is 6.36 Å². The van der Waals surface area contributed by atoms with Crippen molar-refractivity contribution in [3.8, 4) is 16.9 Å². The van der Waals surface area contributed by atoms with E-state index >= 15 is 0 Å². The minimum Gasteiger partial charge on any atom is -0.406 e. The number of ether oxygens (including phenoxy) is 1. The van der Waals surface area contributed by atoms with Crippen LogP contribution in [0.4, 0.5) is 18.9 Å². The second-order valence-corrected chi connectivity index (χ2v) is 14.7. The number of benzene rings is 4. The molecule has 8 nitrogen and oxygen atoms in total. The van der Waals surface area contributed by atoms with Gasteiger partial charge in [0.25, 0.3) is 16.0 Å². The van der Waals surface area contributed by atoms with Gasteiger partial charge in [0.05, 0.1) is 11.7 Å². The van der Waals surface area contributed by atoms with Crippen molar-refractivity contribution in [3.05, 3.63) is 124 Å². The molecule has 0 radical (unpaired) electrons. The fraction of sp³-hybridized carbons (Fsp3) is 0.243. The van der Waals surface area contributed by atoms with E-state index in [1.807, 2.05) is 30.3 Å². The first-order valence-corrected chi connectivity index (χ1v) is 17.4. The summed E-state index contributed by atoms with van der Waals surface area (Å²) in [6.45, 7) is 6.01. The molecule has 4 aromatic rings. The Bertz CT molecular complexity index is 1940. The molecule has 50 heavy (non-hydrogen) atoms. The first-order chi connectivity index (χ1) is 23.3. The Morgan fingerprint density at radius 2 is 1.54 bits per heavy atom. The van der Waals surface area contributed by atoms with Gasteiger partial charge in [0, 0.05) is 22.8 Å². The molecule has 4 rings (SSSR count). The Balaban J connectivity index is 1.58. The topological polar surface area (TPSA) is 122 Å². The summed E-state index contributed by atoms with van der Waals surface area (Å²) in [5.41, 5.74) is 4.16. The van der Waals surface area contributed by atoms with Crippen LogP contribution in [0.2, 0.25) is 5.02 Å². The Morgan fingerprint density at radius 1 is 0.900 bits per heavy atom. The van der Waals surface area contributed by atoms with Crippen molar-refractivity contribution in [1.29, 1.82) is 0 Å². The summed E-state index contributed by atoms with van der Waals surface area (Å²) in [4.78, 5) is 26.4. The molecular formula is C37H36ClF3N2O6S. The van der Waals surface area contributed by atoms with E-state index in [9.17, 15) is 31.2 Å². The van der Waals surface area contributed by atoms with Gasteiger partial charge in [-0.2, -0.15) is 8.42 Å². The maximum Gasteiger partial charge on any atom is 0.573 e. The van der Waals surface area contributed by atoms with Crippen molar-refractivity contribution in [2.75, 3.05) is 17.6 Å². The molecule has 13 heteroatoms. The average molecular weight is 729 g/mol. The quantitative estimate of drug-likeness (QED) is 0.126. The van der Waals surface area contributed by atoms with Crippen LogP contribution in [0.1, 0.15) is 53.7 Å². The average Bonchev–Trinajstić information content (AvgIpc) is 3.01. The number of allylic oxidation sites excluding steroid dienone is 1. The summed E-state index contributed by atoms with van der Waals surface area (Å²) in [7, 11) is -4.22. The molecule has 1 unspecified atom stereocenters. The van der Waals surface area contributed by atoms with Crippen LogP contribution in [-0.4, -0.2) is 43.4 Å². The van der Waals surface area contributed by atoms with Crippen molar-refractivity contribution < 1.29 is 40.5 Å². The number of carbonyl (C=O) groups is 2. The number of alkyl halides is 3. The van der Waals surface area contributed by atoms with Crippen molar-refractivity contribution in [2.24, 2.45) is 5.41 Å². The first kappa shape index (κ1) is 38.2. The van der Waals surface area contributed by atoms with E-state index in [0.29, 0.717) is 21.8 Å². The molecular weight excluding hydrogens is 693 g/mol. The Hall–Kier alpha value is -4.65. The molecule has 0 saturated carbocycles. The summed E-state index contributed by atoms with van der Waals surface area (Å²) >= 11 is 6.40. The van der Waals surface area contributed by atoms with Crippen molar-refractivity contribution >= 4 is 45.3 Å². The van der Waals surface area contributed by atoms with Gasteiger partial charge in [-0.05, 0) is 82.1 Å². The van der Waals surface area contributed by atoms with E-state index in [1.165, 1.54) is 24.3 Å². The van der Waals surface area contributed by atoms with E-state index in [1.54, 1.807) is 42.5 Å². The van der Waals surface area contributed by atoms with Gasteiger partial charge in [-0.3, -0.25) is 14.1 Å². The lowest BCUT2D eigenvalue weighted by Gasteiger charge is -2.19. The minimum absolute atomic E-state index is 0.0185. The monoisotopic (exact) mass is 728 g/mol. The van der Waals surface area contributed by atoms with Crippen LogP contribution < -0.4 is 15.4 Å². The Labute approximate surface area is 294 Å². The molecule has 4 aromatic carbocycles. The zero-order valence-electron chi connectivity index (χ0n) is 27.4. The van der Waals surface area contributed by atoms with Gasteiger partial charge in [0.1, 0.15) is 5.75 Å². The standard InChI is InChI=1S/C37H36ClF3N2O6S/c1-36(2,3)17-16-24-4-8-27(9-5-24)33(20-25-6-10-28(11-7-25)34(44)42-18-19-50(46,47)48)35(45)43-31-22-29(21-30(38)23-31)26-12-14-32(15-13-26)49-37(39,40)41/h4-17,21-23,33H,18-20H2,1-3H3,(H,42,44)(H,43,45)(H,46,47,48)/b17-16+. The molecule has 3 N–H and O–H groups in total. The molecule has 1 atom stereocenters. The normalized spacial score (nSPS) is 12.8. The van der Waals surface area contributed by atoms with Crippen LogP contribution in [0.25, 0.3) is 17.2 Å². The number of amides is 2. The minimum atomic E-state index is -4.82. The van der Waals surface area contributed by atoms with Gasteiger partial charge < -0.3 is 15.4 Å². The van der Waals surface area contributed by atoms with E-state index in [0.717, 1.165) is 16.7 Å². The predicted octanol–water partition coefficient (Wildman–Crippen LogP) is 8.55. The number of hydrogen-bond acceptors (Lipinski definition) is 5. The molecule has 0 heterocycles. The van der Waals surface area contributed by atoms with Crippen LogP contribution in [0.3, 0.4) is 0 Å². The predicted molar refractivity (Wildman–Crippen MR) is 189 cm³/mol. The lowest BCUT2D eigenvalue weighted by Crippen LogP contribution is -2.28. The molecule has 0 saturated heterocycles.